The van der Waals surface area contributed by atoms with Crippen molar-refractivity contribution in [1.29, 1.82) is 0 Å². The van der Waals surface area contributed by atoms with Gasteiger partial charge < -0.3 is 0 Å². The van der Waals surface area contributed by atoms with Gasteiger partial charge in [0, 0.05) is 11.3 Å². The largest absolute Gasteiger partial charge is 0.435 e. The molecule has 11 heteroatoms. The van der Waals surface area contributed by atoms with Gasteiger partial charge in [-0.1, -0.05) is 49.4 Å². The summed E-state index contributed by atoms with van der Waals surface area (Å²) in [6.45, 7) is 5.90. The predicted octanol–water partition coefficient (Wildman–Crippen LogP) is 5.60. The molecule has 0 bridgehead atoms. The van der Waals surface area contributed by atoms with Crippen molar-refractivity contribution in [2.24, 2.45) is 0 Å². The van der Waals surface area contributed by atoms with Gasteiger partial charge in [-0.15, -0.1) is 0 Å². The van der Waals surface area contributed by atoms with Crippen molar-refractivity contribution in [3.05, 3.63) is 87.2 Å². The van der Waals surface area contributed by atoms with Crippen molar-refractivity contribution < 1.29 is 13.2 Å². The van der Waals surface area contributed by atoms with Crippen LogP contribution in [0.4, 0.5) is 13.2 Å². The van der Waals surface area contributed by atoms with Crippen LogP contribution in [0.25, 0.3) is 27.4 Å². The first kappa shape index (κ1) is 23.9. The summed E-state index contributed by atoms with van der Waals surface area (Å²) in [5.74, 6) is 0.815. The van der Waals surface area contributed by atoms with Crippen LogP contribution in [0.2, 0.25) is 0 Å². The Bertz CT molecular complexity index is 1620. The third kappa shape index (κ3) is 4.41. The number of pyridine rings is 1. The zero-order chi connectivity index (χ0) is 25.6. The molecule has 1 aromatic carbocycles. The van der Waals surface area contributed by atoms with Crippen LogP contribution in [-0.4, -0.2) is 29.3 Å². The Morgan fingerprint density at radius 1 is 1.06 bits per heavy atom. The molecular weight excluding hydrogens is 489 g/mol. The first-order valence-electron chi connectivity index (χ1n) is 11.2. The molecule has 0 aliphatic carbocycles. The number of nitrogens with zero attached hydrogens (tertiary/aromatic N) is 6. The Morgan fingerprint density at radius 3 is 2.50 bits per heavy atom. The standard InChI is InChI=1S/C25H21F3N6OS/c1-14(2)18-6-4-5-7-19(18)22-30-12-20-23(31-22)33(24(35)36-20)13-16-8-9-17(11-29-16)34-15(3)10-21(32-34)25(26,27)28/h4-12,14H,13H2,1-3H3. The monoisotopic (exact) mass is 510 g/mol. The van der Waals surface area contributed by atoms with Crippen LogP contribution >= 0.6 is 11.3 Å². The number of alkyl halides is 3. The van der Waals surface area contributed by atoms with Crippen LogP contribution in [-0.2, 0) is 12.7 Å². The molecule has 4 aromatic heterocycles. The Labute approximate surface area is 207 Å². The molecule has 0 fully saturated rings. The Balaban J connectivity index is 1.48. The second-order valence-electron chi connectivity index (χ2n) is 8.67. The molecule has 0 atom stereocenters. The lowest BCUT2D eigenvalue weighted by molar-refractivity contribution is -0.141. The number of aromatic nitrogens is 6. The molecule has 0 spiro atoms. The number of hydrogen-bond acceptors (Lipinski definition) is 6. The van der Waals surface area contributed by atoms with Gasteiger partial charge >= 0.3 is 11.0 Å². The number of thiazole rings is 1. The van der Waals surface area contributed by atoms with E-state index in [9.17, 15) is 18.0 Å². The SMILES string of the molecule is Cc1cc(C(F)(F)F)nn1-c1ccc(Cn2c(=O)sc3cnc(-c4ccccc4C(C)C)nc32)nc1. The summed E-state index contributed by atoms with van der Waals surface area (Å²) in [6.07, 6.45) is -1.43. The van der Waals surface area contributed by atoms with Gasteiger partial charge in [0.25, 0.3) is 0 Å². The van der Waals surface area contributed by atoms with Gasteiger partial charge in [0.2, 0.25) is 0 Å². The van der Waals surface area contributed by atoms with Crippen LogP contribution in [0.15, 0.2) is 59.7 Å². The number of halogens is 3. The van der Waals surface area contributed by atoms with Crippen molar-refractivity contribution in [3.8, 4) is 17.1 Å². The minimum atomic E-state index is -4.53. The molecule has 5 rings (SSSR count). The van der Waals surface area contributed by atoms with Crippen LogP contribution in [0.1, 0.15) is 42.4 Å². The number of hydrogen-bond donors (Lipinski definition) is 0. The van der Waals surface area contributed by atoms with E-state index in [4.69, 9.17) is 4.98 Å². The third-order valence-corrected chi connectivity index (χ3v) is 6.69. The lowest BCUT2D eigenvalue weighted by Crippen LogP contribution is -2.15. The van der Waals surface area contributed by atoms with E-state index < -0.39 is 11.9 Å². The molecule has 7 nitrogen and oxygen atoms in total. The van der Waals surface area contributed by atoms with Gasteiger partial charge in [0.05, 0.1) is 35.0 Å². The lowest BCUT2D eigenvalue weighted by atomic mass is 9.97. The molecule has 5 aromatic rings. The fourth-order valence-electron chi connectivity index (χ4n) is 4.01. The van der Waals surface area contributed by atoms with E-state index >= 15 is 0 Å². The van der Waals surface area contributed by atoms with E-state index in [1.54, 1.807) is 25.3 Å². The topological polar surface area (TPSA) is 78.5 Å². The molecule has 0 amide bonds. The third-order valence-electron chi connectivity index (χ3n) is 5.78. The normalized spacial score (nSPS) is 12.1. The highest BCUT2D eigenvalue weighted by Gasteiger charge is 2.34. The maximum Gasteiger partial charge on any atom is 0.435 e. The van der Waals surface area contributed by atoms with Gasteiger partial charge in [-0.25, -0.2) is 14.6 Å². The van der Waals surface area contributed by atoms with E-state index in [-0.39, 0.29) is 17.3 Å². The highest BCUT2D eigenvalue weighted by molar-refractivity contribution is 7.16. The summed E-state index contributed by atoms with van der Waals surface area (Å²) in [6, 6.07) is 12.2. The van der Waals surface area contributed by atoms with Crippen molar-refractivity contribution >= 4 is 21.7 Å². The minimum absolute atomic E-state index is 0.160. The molecule has 0 aliphatic rings. The van der Waals surface area contributed by atoms with Crippen molar-refractivity contribution in [2.45, 2.75) is 39.4 Å². The summed E-state index contributed by atoms with van der Waals surface area (Å²) in [4.78, 5) is 26.1. The smallest absolute Gasteiger partial charge is 0.277 e. The quantitative estimate of drug-likeness (QED) is 0.308. The molecule has 0 unspecified atom stereocenters. The van der Waals surface area contributed by atoms with Gasteiger partial charge in [-0.3, -0.25) is 14.3 Å². The average Bonchev–Trinajstić information content (AvgIpc) is 3.39. The highest BCUT2D eigenvalue weighted by Crippen LogP contribution is 2.30. The number of fused-ring (bicyclic) bond motifs is 1. The summed E-state index contributed by atoms with van der Waals surface area (Å²) in [5, 5.41) is 3.65. The predicted molar refractivity (Wildman–Crippen MR) is 131 cm³/mol. The Morgan fingerprint density at radius 2 is 1.83 bits per heavy atom. The zero-order valence-corrected chi connectivity index (χ0v) is 20.4. The molecule has 0 saturated heterocycles. The van der Waals surface area contributed by atoms with E-state index in [2.05, 4.69) is 28.9 Å². The van der Waals surface area contributed by atoms with Gasteiger partial charge in [-0.2, -0.15) is 18.3 Å². The molecule has 0 aliphatic heterocycles. The summed E-state index contributed by atoms with van der Waals surface area (Å²) in [7, 11) is 0. The molecule has 0 N–H and O–H groups in total. The first-order valence-corrected chi connectivity index (χ1v) is 12.0. The van der Waals surface area contributed by atoms with Gasteiger partial charge in [-0.05, 0) is 36.6 Å². The summed E-state index contributed by atoms with van der Waals surface area (Å²) in [5.41, 5.74) is 2.86. The second-order valence-corrected chi connectivity index (χ2v) is 9.66. The van der Waals surface area contributed by atoms with Crippen LogP contribution in [0.5, 0.6) is 0 Å². The second kappa shape index (κ2) is 8.98. The summed E-state index contributed by atoms with van der Waals surface area (Å²) < 4.78 is 42.4. The van der Waals surface area contributed by atoms with E-state index in [0.29, 0.717) is 33.2 Å². The number of benzene rings is 1. The fourth-order valence-corrected chi connectivity index (χ4v) is 4.81. The molecule has 184 valence electrons. The van der Waals surface area contributed by atoms with E-state index in [1.807, 2.05) is 24.3 Å². The number of rotatable bonds is 5. The van der Waals surface area contributed by atoms with Crippen LogP contribution < -0.4 is 4.87 Å². The van der Waals surface area contributed by atoms with E-state index in [0.717, 1.165) is 28.5 Å². The van der Waals surface area contributed by atoms with Gasteiger partial charge in [0.1, 0.15) is 0 Å². The van der Waals surface area contributed by atoms with Gasteiger partial charge in [0.15, 0.2) is 17.2 Å². The van der Waals surface area contributed by atoms with Crippen molar-refractivity contribution in [3.63, 3.8) is 0 Å². The minimum Gasteiger partial charge on any atom is -0.277 e. The average molecular weight is 511 g/mol. The Hall–Kier alpha value is -3.86. The van der Waals surface area contributed by atoms with Crippen molar-refractivity contribution in [2.75, 3.05) is 0 Å². The molecule has 0 saturated carbocycles. The van der Waals surface area contributed by atoms with E-state index in [1.165, 1.54) is 15.4 Å². The molecule has 0 radical (unpaired) electrons. The van der Waals surface area contributed by atoms with Crippen molar-refractivity contribution in [1.82, 2.24) is 29.3 Å². The molecule has 36 heavy (non-hydrogen) atoms. The molecule has 4 heterocycles. The van der Waals surface area contributed by atoms with Crippen LogP contribution in [0.3, 0.4) is 0 Å². The molecular formula is C25H21F3N6OS. The zero-order valence-electron chi connectivity index (χ0n) is 19.6. The first-order chi connectivity index (χ1) is 17.1. The lowest BCUT2D eigenvalue weighted by Gasteiger charge is -2.11. The number of aryl methyl sites for hydroxylation is 1. The van der Waals surface area contributed by atoms with Crippen LogP contribution in [0, 0.1) is 6.92 Å². The maximum absolute atomic E-state index is 13.0. The fraction of sp³-hybridized carbons (Fsp3) is 0.240. The summed E-state index contributed by atoms with van der Waals surface area (Å²) >= 11 is 1.05. The maximum atomic E-state index is 13.0. The Kier molecular flexibility index (Phi) is 5.95. The highest BCUT2D eigenvalue weighted by atomic mass is 32.1.